The third kappa shape index (κ3) is 6.94. The second kappa shape index (κ2) is 10.2. The fraction of sp³-hybridized carbons (Fsp3) is 0.300. The van der Waals surface area contributed by atoms with E-state index < -0.39 is 6.03 Å². The Labute approximate surface area is 154 Å². The number of urea groups is 1. The van der Waals surface area contributed by atoms with Crippen LogP contribution in [0.3, 0.4) is 0 Å². The van der Waals surface area contributed by atoms with E-state index in [0.29, 0.717) is 19.7 Å². The van der Waals surface area contributed by atoms with Gasteiger partial charge in [0.25, 0.3) is 0 Å². The number of ether oxygens (including phenoxy) is 1. The highest BCUT2D eigenvalue weighted by molar-refractivity contribution is 5.95. The standard InChI is InChI=1S/C20H25N3O3/c1-3-26-18-11-9-17(10-12-18)14-23(2)15-19(24)22-20(25)21-13-16-7-5-4-6-8-16/h4-12H,3,13-15H2,1-2H3,(H2,21,22,24,25). The van der Waals surface area contributed by atoms with Crippen LogP contribution in [0.4, 0.5) is 4.79 Å². The lowest BCUT2D eigenvalue weighted by Crippen LogP contribution is -2.43. The van der Waals surface area contributed by atoms with Gasteiger partial charge in [-0.25, -0.2) is 4.79 Å². The molecule has 0 saturated heterocycles. The van der Waals surface area contributed by atoms with Gasteiger partial charge in [0.15, 0.2) is 0 Å². The van der Waals surface area contributed by atoms with E-state index in [9.17, 15) is 9.59 Å². The summed E-state index contributed by atoms with van der Waals surface area (Å²) in [7, 11) is 1.83. The molecule has 0 unspecified atom stereocenters. The Morgan fingerprint density at radius 1 is 1.00 bits per heavy atom. The summed E-state index contributed by atoms with van der Waals surface area (Å²) in [6, 6.07) is 16.8. The highest BCUT2D eigenvalue weighted by Crippen LogP contribution is 2.13. The Hall–Kier alpha value is -2.86. The monoisotopic (exact) mass is 355 g/mol. The van der Waals surface area contributed by atoms with Crippen molar-refractivity contribution < 1.29 is 14.3 Å². The Morgan fingerprint density at radius 3 is 2.35 bits per heavy atom. The zero-order valence-corrected chi connectivity index (χ0v) is 15.2. The van der Waals surface area contributed by atoms with Gasteiger partial charge in [-0.3, -0.25) is 15.0 Å². The number of hydrogen-bond acceptors (Lipinski definition) is 4. The van der Waals surface area contributed by atoms with Gasteiger partial charge in [0, 0.05) is 13.1 Å². The summed E-state index contributed by atoms with van der Waals surface area (Å²) in [6.45, 7) is 3.68. The summed E-state index contributed by atoms with van der Waals surface area (Å²) < 4.78 is 5.41. The summed E-state index contributed by atoms with van der Waals surface area (Å²) >= 11 is 0. The third-order valence-electron chi connectivity index (χ3n) is 3.65. The minimum atomic E-state index is -0.492. The Balaban J connectivity index is 1.71. The van der Waals surface area contributed by atoms with Crippen molar-refractivity contribution in [1.29, 1.82) is 0 Å². The molecule has 6 heteroatoms. The molecule has 2 N–H and O–H groups in total. The molecule has 26 heavy (non-hydrogen) atoms. The molecule has 6 nitrogen and oxygen atoms in total. The second-order valence-corrected chi connectivity index (χ2v) is 5.97. The lowest BCUT2D eigenvalue weighted by molar-refractivity contribution is -0.120. The number of benzene rings is 2. The lowest BCUT2D eigenvalue weighted by atomic mass is 10.2. The molecule has 0 aliphatic heterocycles. The summed E-state index contributed by atoms with van der Waals surface area (Å²) in [5, 5.41) is 5.01. The van der Waals surface area contributed by atoms with Gasteiger partial charge in [0.1, 0.15) is 5.75 Å². The van der Waals surface area contributed by atoms with Crippen molar-refractivity contribution in [3.63, 3.8) is 0 Å². The van der Waals surface area contributed by atoms with E-state index in [1.54, 1.807) is 0 Å². The van der Waals surface area contributed by atoms with E-state index in [4.69, 9.17) is 4.74 Å². The molecule has 2 aromatic carbocycles. The number of likely N-dealkylation sites (N-methyl/N-ethyl adjacent to an activating group) is 1. The number of hydrogen-bond donors (Lipinski definition) is 2. The Kier molecular flexibility index (Phi) is 7.64. The van der Waals surface area contributed by atoms with E-state index >= 15 is 0 Å². The number of imide groups is 1. The van der Waals surface area contributed by atoms with Crippen LogP contribution in [0.25, 0.3) is 0 Å². The van der Waals surface area contributed by atoms with Crippen molar-refractivity contribution >= 4 is 11.9 Å². The van der Waals surface area contributed by atoms with Gasteiger partial charge < -0.3 is 10.1 Å². The number of nitrogens with zero attached hydrogens (tertiary/aromatic N) is 1. The van der Waals surface area contributed by atoms with Crippen molar-refractivity contribution in [2.75, 3.05) is 20.2 Å². The zero-order chi connectivity index (χ0) is 18.8. The number of nitrogens with one attached hydrogen (secondary N) is 2. The van der Waals surface area contributed by atoms with Gasteiger partial charge in [0.05, 0.1) is 13.2 Å². The molecule has 0 aliphatic rings. The van der Waals surface area contributed by atoms with Crippen LogP contribution < -0.4 is 15.4 Å². The van der Waals surface area contributed by atoms with E-state index in [1.165, 1.54) is 0 Å². The van der Waals surface area contributed by atoms with Crippen molar-refractivity contribution in [2.24, 2.45) is 0 Å². The van der Waals surface area contributed by atoms with E-state index in [2.05, 4.69) is 10.6 Å². The van der Waals surface area contributed by atoms with E-state index in [-0.39, 0.29) is 12.5 Å². The second-order valence-electron chi connectivity index (χ2n) is 5.97. The van der Waals surface area contributed by atoms with Crippen LogP contribution >= 0.6 is 0 Å². The van der Waals surface area contributed by atoms with Crippen LogP contribution in [0.5, 0.6) is 5.75 Å². The van der Waals surface area contributed by atoms with Gasteiger partial charge in [-0.1, -0.05) is 42.5 Å². The molecule has 2 aromatic rings. The molecule has 2 rings (SSSR count). The van der Waals surface area contributed by atoms with Crippen LogP contribution in [0, 0.1) is 0 Å². The molecule has 0 bridgehead atoms. The predicted molar refractivity (Wildman–Crippen MR) is 101 cm³/mol. The van der Waals surface area contributed by atoms with Crippen LogP contribution in [-0.2, 0) is 17.9 Å². The molecular formula is C20H25N3O3. The molecule has 0 radical (unpaired) electrons. The Bertz CT molecular complexity index is 702. The molecule has 0 fully saturated rings. The Morgan fingerprint density at radius 2 is 1.69 bits per heavy atom. The maximum atomic E-state index is 12.0. The topological polar surface area (TPSA) is 70.7 Å². The van der Waals surface area contributed by atoms with Gasteiger partial charge in [-0.2, -0.15) is 0 Å². The maximum absolute atomic E-state index is 12.0. The molecule has 0 atom stereocenters. The fourth-order valence-electron chi connectivity index (χ4n) is 2.46. The van der Waals surface area contributed by atoms with Gasteiger partial charge in [-0.15, -0.1) is 0 Å². The first-order valence-corrected chi connectivity index (χ1v) is 8.58. The van der Waals surface area contributed by atoms with Crippen LogP contribution in [0.15, 0.2) is 54.6 Å². The van der Waals surface area contributed by atoms with Crippen molar-refractivity contribution in [2.45, 2.75) is 20.0 Å². The molecule has 3 amide bonds. The van der Waals surface area contributed by atoms with Crippen molar-refractivity contribution in [1.82, 2.24) is 15.5 Å². The molecule has 0 aromatic heterocycles. The predicted octanol–water partition coefficient (Wildman–Crippen LogP) is 2.54. The molecule has 0 spiro atoms. The van der Waals surface area contributed by atoms with Crippen molar-refractivity contribution in [3.05, 3.63) is 65.7 Å². The molecule has 0 aliphatic carbocycles. The van der Waals surface area contributed by atoms with Crippen LogP contribution in [0.2, 0.25) is 0 Å². The van der Waals surface area contributed by atoms with Gasteiger partial charge in [0.2, 0.25) is 5.91 Å². The summed E-state index contributed by atoms with van der Waals surface area (Å²) in [4.78, 5) is 25.6. The first-order chi connectivity index (χ1) is 12.6. The van der Waals surface area contributed by atoms with Crippen LogP contribution in [0.1, 0.15) is 18.1 Å². The fourth-order valence-corrected chi connectivity index (χ4v) is 2.46. The minimum absolute atomic E-state index is 0.131. The number of carbonyl (C=O) groups excluding carboxylic acids is 2. The largest absolute Gasteiger partial charge is 0.494 e. The highest BCUT2D eigenvalue weighted by atomic mass is 16.5. The molecule has 0 saturated carbocycles. The minimum Gasteiger partial charge on any atom is -0.494 e. The van der Waals surface area contributed by atoms with E-state index in [0.717, 1.165) is 16.9 Å². The van der Waals surface area contributed by atoms with E-state index in [1.807, 2.05) is 73.5 Å². The maximum Gasteiger partial charge on any atom is 0.321 e. The van der Waals surface area contributed by atoms with Crippen LogP contribution in [-0.4, -0.2) is 37.0 Å². The first kappa shape index (κ1) is 19.5. The van der Waals surface area contributed by atoms with Gasteiger partial charge in [-0.05, 0) is 37.2 Å². The summed E-state index contributed by atoms with van der Waals surface area (Å²) in [6.07, 6.45) is 0. The summed E-state index contributed by atoms with van der Waals surface area (Å²) in [5.74, 6) is 0.482. The molecule has 138 valence electrons. The number of rotatable bonds is 8. The normalized spacial score (nSPS) is 10.4. The quantitative estimate of drug-likeness (QED) is 0.763. The SMILES string of the molecule is CCOc1ccc(CN(C)CC(=O)NC(=O)NCc2ccccc2)cc1. The first-order valence-electron chi connectivity index (χ1n) is 8.58. The smallest absolute Gasteiger partial charge is 0.321 e. The van der Waals surface area contributed by atoms with Gasteiger partial charge >= 0.3 is 6.03 Å². The third-order valence-corrected chi connectivity index (χ3v) is 3.65. The average Bonchev–Trinajstić information content (AvgIpc) is 2.62. The number of amides is 3. The number of carbonyl (C=O) groups is 2. The molecular weight excluding hydrogens is 330 g/mol. The highest BCUT2D eigenvalue weighted by Gasteiger charge is 2.10. The lowest BCUT2D eigenvalue weighted by Gasteiger charge is -2.16. The average molecular weight is 355 g/mol. The zero-order valence-electron chi connectivity index (χ0n) is 15.2. The van der Waals surface area contributed by atoms with Crippen molar-refractivity contribution in [3.8, 4) is 5.75 Å². The molecule has 0 heterocycles. The summed E-state index contributed by atoms with van der Waals surface area (Å²) in [5.41, 5.74) is 2.04.